The maximum atomic E-state index is 12.2. The largest absolute Gasteiger partial charge is 0.445 e. The Balaban J connectivity index is 1.67. The highest BCUT2D eigenvalue weighted by Gasteiger charge is 2.26. The third kappa shape index (κ3) is 7.89. The lowest BCUT2D eigenvalue weighted by atomic mass is 9.86. The molecule has 1 aromatic carbocycles. The van der Waals surface area contributed by atoms with E-state index in [-0.39, 0.29) is 24.8 Å². The average molecular weight is 376 g/mol. The summed E-state index contributed by atoms with van der Waals surface area (Å²) in [5.74, 6) is 0.427. The summed E-state index contributed by atoms with van der Waals surface area (Å²) in [4.78, 5) is 25.7. The molecule has 1 N–H and O–H groups in total. The molecule has 0 saturated heterocycles. The van der Waals surface area contributed by atoms with E-state index in [0.717, 1.165) is 31.2 Å². The lowest BCUT2D eigenvalue weighted by molar-refractivity contribution is 0.0484. The van der Waals surface area contributed by atoms with E-state index >= 15 is 0 Å². The van der Waals surface area contributed by atoms with Gasteiger partial charge in [0, 0.05) is 19.6 Å². The van der Waals surface area contributed by atoms with Gasteiger partial charge in [-0.05, 0) is 57.9 Å². The molecule has 6 nitrogen and oxygen atoms in total. The summed E-state index contributed by atoms with van der Waals surface area (Å²) in [6.07, 6.45) is 3.08. The molecule has 27 heavy (non-hydrogen) atoms. The Morgan fingerprint density at radius 3 is 2.33 bits per heavy atom. The average Bonchev–Trinajstić information content (AvgIpc) is 2.60. The van der Waals surface area contributed by atoms with Gasteiger partial charge in [-0.2, -0.15) is 0 Å². The molecule has 6 heteroatoms. The van der Waals surface area contributed by atoms with Crippen LogP contribution >= 0.6 is 0 Å². The highest BCUT2D eigenvalue weighted by molar-refractivity contribution is 5.68. The van der Waals surface area contributed by atoms with Crippen molar-refractivity contribution in [2.24, 2.45) is 5.92 Å². The number of nitrogens with one attached hydrogen (secondary N) is 1. The molecular weight excluding hydrogens is 344 g/mol. The predicted octanol–water partition coefficient (Wildman–Crippen LogP) is 4.34. The molecule has 1 aliphatic rings. The lowest BCUT2D eigenvalue weighted by Gasteiger charge is -2.32. The number of alkyl carbamates (subject to hydrolysis) is 1. The van der Waals surface area contributed by atoms with Crippen molar-refractivity contribution >= 4 is 12.2 Å². The minimum Gasteiger partial charge on any atom is -0.445 e. The summed E-state index contributed by atoms with van der Waals surface area (Å²) in [5, 5.41) is 2.94. The molecule has 0 unspecified atom stereocenters. The van der Waals surface area contributed by atoms with Gasteiger partial charge in [-0.1, -0.05) is 30.3 Å². The Labute approximate surface area is 162 Å². The fraction of sp³-hybridized carbons (Fsp3) is 0.619. The van der Waals surface area contributed by atoms with Crippen molar-refractivity contribution < 1.29 is 19.1 Å². The van der Waals surface area contributed by atoms with Crippen LogP contribution in [0.5, 0.6) is 0 Å². The van der Waals surface area contributed by atoms with Gasteiger partial charge in [-0.25, -0.2) is 9.59 Å². The van der Waals surface area contributed by atoms with Gasteiger partial charge in [0.25, 0.3) is 0 Å². The Morgan fingerprint density at radius 2 is 1.74 bits per heavy atom. The smallest absolute Gasteiger partial charge is 0.409 e. The standard InChI is InChI=1S/C21H32N2O4/c1-21(2,3)27-19(24)22-18-12-10-16(11-13-18)14-23(4)20(25)26-15-17-8-6-5-7-9-17/h5-9,16,18H,10-15H2,1-4H3,(H,22,24). The SMILES string of the molecule is CN(CC1CCC(NC(=O)OC(C)(C)C)CC1)C(=O)OCc1ccccc1. The van der Waals surface area contributed by atoms with Crippen molar-refractivity contribution in [1.82, 2.24) is 10.2 Å². The van der Waals surface area contributed by atoms with Crippen LogP contribution in [0.1, 0.15) is 52.0 Å². The third-order valence-electron chi connectivity index (χ3n) is 4.62. The van der Waals surface area contributed by atoms with Gasteiger partial charge in [0.2, 0.25) is 0 Å². The van der Waals surface area contributed by atoms with E-state index in [1.54, 1.807) is 11.9 Å². The molecule has 1 aromatic rings. The van der Waals surface area contributed by atoms with Crippen molar-refractivity contribution in [1.29, 1.82) is 0 Å². The van der Waals surface area contributed by atoms with Crippen LogP contribution in [0.15, 0.2) is 30.3 Å². The van der Waals surface area contributed by atoms with Crippen molar-refractivity contribution in [3.05, 3.63) is 35.9 Å². The van der Waals surface area contributed by atoms with Gasteiger partial charge in [-0.15, -0.1) is 0 Å². The Morgan fingerprint density at radius 1 is 1.11 bits per heavy atom. The molecule has 150 valence electrons. The number of ether oxygens (including phenoxy) is 2. The molecule has 0 heterocycles. The van der Waals surface area contributed by atoms with Crippen LogP contribution in [-0.2, 0) is 16.1 Å². The second-order valence-corrected chi connectivity index (χ2v) is 8.28. The normalized spacial score (nSPS) is 19.9. The van der Waals surface area contributed by atoms with E-state index in [1.807, 2.05) is 51.1 Å². The van der Waals surface area contributed by atoms with Crippen LogP contribution in [0.4, 0.5) is 9.59 Å². The van der Waals surface area contributed by atoms with Gasteiger partial charge in [0.1, 0.15) is 12.2 Å². The number of hydrogen-bond acceptors (Lipinski definition) is 4. The first-order valence-electron chi connectivity index (χ1n) is 9.64. The molecule has 1 aliphatic carbocycles. The highest BCUT2D eigenvalue weighted by Crippen LogP contribution is 2.25. The maximum absolute atomic E-state index is 12.2. The zero-order chi connectivity index (χ0) is 19.9. The van der Waals surface area contributed by atoms with E-state index in [4.69, 9.17) is 9.47 Å². The summed E-state index contributed by atoms with van der Waals surface area (Å²) in [7, 11) is 1.78. The number of carbonyl (C=O) groups excluding carboxylic acids is 2. The van der Waals surface area contributed by atoms with Crippen LogP contribution in [-0.4, -0.2) is 42.3 Å². The van der Waals surface area contributed by atoms with Gasteiger partial charge in [0.05, 0.1) is 0 Å². The Bertz CT molecular complexity index is 604. The zero-order valence-corrected chi connectivity index (χ0v) is 16.9. The van der Waals surface area contributed by atoms with Crippen LogP contribution < -0.4 is 5.32 Å². The summed E-state index contributed by atoms with van der Waals surface area (Å²) >= 11 is 0. The molecular formula is C21H32N2O4. The molecule has 1 fully saturated rings. The highest BCUT2D eigenvalue weighted by atomic mass is 16.6. The molecule has 0 bridgehead atoms. The lowest BCUT2D eigenvalue weighted by Crippen LogP contribution is -2.42. The monoisotopic (exact) mass is 376 g/mol. The first-order valence-corrected chi connectivity index (χ1v) is 9.64. The molecule has 0 atom stereocenters. The van der Waals surface area contributed by atoms with Crippen molar-refractivity contribution in [2.75, 3.05) is 13.6 Å². The van der Waals surface area contributed by atoms with E-state index < -0.39 is 5.60 Å². The number of hydrogen-bond donors (Lipinski definition) is 1. The van der Waals surface area contributed by atoms with Gasteiger partial charge in [0.15, 0.2) is 0 Å². The number of nitrogens with zero attached hydrogens (tertiary/aromatic N) is 1. The quantitative estimate of drug-likeness (QED) is 0.830. The van der Waals surface area contributed by atoms with Gasteiger partial charge >= 0.3 is 12.2 Å². The molecule has 0 spiro atoms. The fourth-order valence-electron chi connectivity index (χ4n) is 3.25. The van der Waals surface area contributed by atoms with Crippen molar-refractivity contribution in [3.8, 4) is 0 Å². The topological polar surface area (TPSA) is 67.9 Å². The second kappa shape index (κ2) is 9.62. The summed E-state index contributed by atoms with van der Waals surface area (Å²) < 4.78 is 10.7. The molecule has 0 aromatic heterocycles. The van der Waals surface area contributed by atoms with Crippen molar-refractivity contribution in [3.63, 3.8) is 0 Å². The fourth-order valence-corrected chi connectivity index (χ4v) is 3.25. The van der Waals surface area contributed by atoms with Gasteiger partial charge < -0.3 is 19.7 Å². The number of carbonyl (C=O) groups is 2. The van der Waals surface area contributed by atoms with Crippen LogP contribution in [0.3, 0.4) is 0 Å². The van der Waals surface area contributed by atoms with Crippen LogP contribution in [0, 0.1) is 5.92 Å². The van der Waals surface area contributed by atoms with Gasteiger partial charge in [-0.3, -0.25) is 0 Å². The Kier molecular flexibility index (Phi) is 7.51. The molecule has 2 rings (SSSR count). The van der Waals surface area contributed by atoms with E-state index in [9.17, 15) is 9.59 Å². The second-order valence-electron chi connectivity index (χ2n) is 8.28. The molecule has 2 amide bonds. The van der Waals surface area contributed by atoms with E-state index in [1.165, 1.54) is 0 Å². The molecule has 1 saturated carbocycles. The summed E-state index contributed by atoms with van der Waals surface area (Å²) in [6.45, 7) is 6.53. The number of rotatable bonds is 5. The number of benzene rings is 1. The molecule has 0 aliphatic heterocycles. The number of amides is 2. The zero-order valence-electron chi connectivity index (χ0n) is 16.9. The van der Waals surface area contributed by atoms with E-state index in [0.29, 0.717) is 12.5 Å². The molecule has 0 radical (unpaired) electrons. The third-order valence-corrected chi connectivity index (χ3v) is 4.62. The van der Waals surface area contributed by atoms with Crippen LogP contribution in [0.25, 0.3) is 0 Å². The van der Waals surface area contributed by atoms with E-state index in [2.05, 4.69) is 5.32 Å². The first kappa shape index (κ1) is 21.1. The minimum absolute atomic E-state index is 0.145. The van der Waals surface area contributed by atoms with Crippen LogP contribution in [0.2, 0.25) is 0 Å². The summed E-state index contributed by atoms with van der Waals surface area (Å²) in [5.41, 5.74) is 0.498. The summed E-state index contributed by atoms with van der Waals surface area (Å²) in [6, 6.07) is 9.81. The van der Waals surface area contributed by atoms with Crippen molar-refractivity contribution in [2.45, 2.75) is 64.7 Å². The predicted molar refractivity (Wildman–Crippen MR) is 104 cm³/mol. The first-order chi connectivity index (χ1) is 12.7. The minimum atomic E-state index is -0.482. The Hall–Kier alpha value is -2.24. The maximum Gasteiger partial charge on any atom is 0.409 e.